The van der Waals surface area contributed by atoms with Crippen molar-refractivity contribution in [3.8, 4) is 0 Å². The van der Waals surface area contributed by atoms with E-state index >= 15 is 0 Å². The maximum Gasteiger partial charge on any atom is 0.224 e. The van der Waals surface area contributed by atoms with Gasteiger partial charge in [-0.1, -0.05) is 30.3 Å². The van der Waals surface area contributed by atoms with Gasteiger partial charge in [-0.25, -0.2) is 4.39 Å². The van der Waals surface area contributed by atoms with E-state index in [0.29, 0.717) is 11.5 Å². The summed E-state index contributed by atoms with van der Waals surface area (Å²) in [6, 6.07) is 15.3. The van der Waals surface area contributed by atoms with Crippen LogP contribution in [0, 0.1) is 5.82 Å². The summed E-state index contributed by atoms with van der Waals surface area (Å²) in [5.41, 5.74) is 10.1. The number of halogens is 1. The van der Waals surface area contributed by atoms with Gasteiger partial charge in [-0.15, -0.1) is 0 Å². The third kappa shape index (κ3) is 3.63. The number of rotatable bonds is 4. The van der Waals surface area contributed by atoms with Gasteiger partial charge in [0.2, 0.25) is 5.95 Å². The fourth-order valence-corrected chi connectivity index (χ4v) is 4.04. The summed E-state index contributed by atoms with van der Waals surface area (Å²) in [6.07, 6.45) is 3.49. The minimum absolute atomic E-state index is 0.178. The van der Waals surface area contributed by atoms with Crippen molar-refractivity contribution in [2.24, 2.45) is 0 Å². The number of hydrogen-bond acceptors (Lipinski definition) is 6. The van der Waals surface area contributed by atoms with E-state index in [0.717, 1.165) is 36.9 Å². The molecule has 2 aromatic heterocycles. The summed E-state index contributed by atoms with van der Waals surface area (Å²) in [5.74, 6) is 0.691. The minimum Gasteiger partial charge on any atom is -0.368 e. The van der Waals surface area contributed by atoms with Gasteiger partial charge in [0, 0.05) is 24.8 Å². The predicted octanol–water partition coefficient (Wildman–Crippen LogP) is 3.51. The Kier molecular flexibility index (Phi) is 4.66. The molecule has 1 unspecified atom stereocenters. The summed E-state index contributed by atoms with van der Waals surface area (Å²) >= 11 is 0. The van der Waals surface area contributed by atoms with E-state index in [1.165, 1.54) is 23.4 Å². The van der Waals surface area contributed by atoms with Crippen LogP contribution in [-0.2, 0) is 13.0 Å². The number of nitrogen functional groups attached to an aromatic ring is 1. The zero-order valence-electron chi connectivity index (χ0n) is 16.3. The van der Waals surface area contributed by atoms with Crippen molar-refractivity contribution >= 4 is 28.5 Å². The molecule has 1 aliphatic heterocycles. The standard InChI is InChI=1S/C22H22FN7/c23-16-7-5-14(6-8-16)13-30-10-9-17(11-15-3-1-2-4-19(15)30)26-20-18-12-25-29-21(18)28-22(24)27-20/h1-8,12,17H,9-11,13H2,(H4,24,25,26,27,28,29). The SMILES string of the molecule is Nc1nc(NC2CCN(Cc3ccc(F)cc3)c3ccccc3C2)c2cn[nH]c2n1. The van der Waals surface area contributed by atoms with Gasteiger partial charge in [-0.2, -0.15) is 15.1 Å². The molecule has 5 rings (SSSR count). The number of fused-ring (bicyclic) bond motifs is 2. The first-order chi connectivity index (χ1) is 14.7. The zero-order chi connectivity index (χ0) is 20.5. The highest BCUT2D eigenvalue weighted by Gasteiger charge is 2.22. The monoisotopic (exact) mass is 403 g/mol. The van der Waals surface area contributed by atoms with Crippen molar-refractivity contribution in [1.82, 2.24) is 20.2 Å². The van der Waals surface area contributed by atoms with Gasteiger partial charge in [-0.05, 0) is 42.2 Å². The van der Waals surface area contributed by atoms with Gasteiger partial charge in [0.25, 0.3) is 0 Å². The van der Waals surface area contributed by atoms with Crippen LogP contribution in [0.1, 0.15) is 17.5 Å². The lowest BCUT2D eigenvalue weighted by molar-refractivity contribution is 0.625. The van der Waals surface area contributed by atoms with E-state index in [-0.39, 0.29) is 17.8 Å². The Bertz CT molecular complexity index is 1170. The van der Waals surface area contributed by atoms with Crippen LogP contribution in [0.4, 0.5) is 21.8 Å². The molecular formula is C22H22FN7. The molecule has 0 amide bonds. The molecule has 30 heavy (non-hydrogen) atoms. The van der Waals surface area contributed by atoms with Crippen molar-refractivity contribution in [2.75, 3.05) is 22.5 Å². The first kappa shape index (κ1) is 18.4. The quantitative estimate of drug-likeness (QED) is 0.483. The number of nitrogens with zero attached hydrogens (tertiary/aromatic N) is 4. The number of anilines is 3. The Labute approximate surface area is 173 Å². The van der Waals surface area contributed by atoms with Gasteiger partial charge in [0.1, 0.15) is 11.6 Å². The second-order valence-corrected chi connectivity index (χ2v) is 7.57. The first-order valence-corrected chi connectivity index (χ1v) is 9.96. The first-order valence-electron chi connectivity index (χ1n) is 9.96. The number of nitrogens with one attached hydrogen (secondary N) is 2. The van der Waals surface area contributed by atoms with Gasteiger partial charge >= 0.3 is 0 Å². The number of para-hydroxylation sites is 1. The number of hydrogen-bond donors (Lipinski definition) is 3. The van der Waals surface area contributed by atoms with Crippen molar-refractivity contribution in [2.45, 2.75) is 25.4 Å². The molecule has 152 valence electrons. The molecule has 3 heterocycles. The molecule has 0 radical (unpaired) electrons. The van der Waals surface area contributed by atoms with Crippen molar-refractivity contribution in [3.63, 3.8) is 0 Å². The normalized spacial score (nSPS) is 16.3. The van der Waals surface area contributed by atoms with Crippen LogP contribution in [0.25, 0.3) is 11.0 Å². The molecule has 0 aliphatic carbocycles. The van der Waals surface area contributed by atoms with Crippen LogP contribution in [0.3, 0.4) is 0 Å². The molecule has 0 bridgehead atoms. The number of H-pyrrole nitrogens is 1. The molecule has 8 heteroatoms. The highest BCUT2D eigenvalue weighted by Crippen LogP contribution is 2.30. The zero-order valence-corrected chi connectivity index (χ0v) is 16.3. The predicted molar refractivity (Wildman–Crippen MR) is 116 cm³/mol. The molecule has 4 N–H and O–H groups in total. The van der Waals surface area contributed by atoms with Crippen LogP contribution in [0.15, 0.2) is 54.7 Å². The van der Waals surface area contributed by atoms with Crippen LogP contribution in [0.2, 0.25) is 0 Å². The molecule has 0 saturated heterocycles. The lowest BCUT2D eigenvalue weighted by Crippen LogP contribution is -2.27. The Balaban J connectivity index is 1.41. The lowest BCUT2D eigenvalue weighted by Gasteiger charge is -2.25. The van der Waals surface area contributed by atoms with Gasteiger partial charge in [0.05, 0.1) is 11.6 Å². The molecule has 4 aromatic rings. The van der Waals surface area contributed by atoms with Crippen LogP contribution >= 0.6 is 0 Å². The van der Waals surface area contributed by atoms with E-state index in [1.807, 2.05) is 12.1 Å². The molecular weight excluding hydrogens is 381 g/mol. The summed E-state index contributed by atoms with van der Waals surface area (Å²) in [6.45, 7) is 1.59. The summed E-state index contributed by atoms with van der Waals surface area (Å²) in [4.78, 5) is 10.9. The van der Waals surface area contributed by atoms with Crippen LogP contribution in [0.5, 0.6) is 0 Å². The molecule has 1 aliphatic rings. The average Bonchev–Trinajstić information content (AvgIpc) is 3.14. The molecule has 0 spiro atoms. The Morgan fingerprint density at radius 3 is 2.83 bits per heavy atom. The Morgan fingerprint density at radius 2 is 1.97 bits per heavy atom. The third-order valence-corrected chi connectivity index (χ3v) is 5.50. The number of benzene rings is 2. The molecule has 7 nitrogen and oxygen atoms in total. The minimum atomic E-state index is -0.214. The maximum atomic E-state index is 13.3. The van der Waals surface area contributed by atoms with Gasteiger partial charge in [-0.3, -0.25) is 5.10 Å². The van der Waals surface area contributed by atoms with Crippen molar-refractivity contribution in [3.05, 3.63) is 71.7 Å². The fraction of sp³-hybridized carbons (Fsp3) is 0.227. The highest BCUT2D eigenvalue weighted by atomic mass is 19.1. The molecule has 1 atom stereocenters. The summed E-state index contributed by atoms with van der Waals surface area (Å²) in [5, 5.41) is 11.3. The van der Waals surface area contributed by atoms with Crippen LogP contribution in [-0.4, -0.2) is 32.8 Å². The van der Waals surface area contributed by atoms with E-state index in [9.17, 15) is 4.39 Å². The molecule has 2 aromatic carbocycles. The van der Waals surface area contributed by atoms with Crippen molar-refractivity contribution in [1.29, 1.82) is 0 Å². The topological polar surface area (TPSA) is 95.7 Å². The largest absolute Gasteiger partial charge is 0.368 e. The Morgan fingerprint density at radius 1 is 1.13 bits per heavy atom. The van der Waals surface area contributed by atoms with Gasteiger partial charge < -0.3 is 16.0 Å². The molecule has 0 saturated carbocycles. The van der Waals surface area contributed by atoms with E-state index in [1.54, 1.807) is 6.20 Å². The fourth-order valence-electron chi connectivity index (χ4n) is 4.04. The maximum absolute atomic E-state index is 13.3. The number of aromatic nitrogens is 4. The van der Waals surface area contributed by atoms with E-state index in [4.69, 9.17) is 5.73 Å². The van der Waals surface area contributed by atoms with Crippen LogP contribution < -0.4 is 16.0 Å². The second kappa shape index (κ2) is 7.62. The third-order valence-electron chi connectivity index (χ3n) is 5.50. The van der Waals surface area contributed by atoms with Crippen molar-refractivity contribution < 1.29 is 4.39 Å². The number of nitrogens with two attached hydrogens (primary N) is 1. The lowest BCUT2D eigenvalue weighted by atomic mass is 10.0. The second-order valence-electron chi connectivity index (χ2n) is 7.57. The molecule has 0 fully saturated rings. The number of aromatic amines is 1. The smallest absolute Gasteiger partial charge is 0.224 e. The Hall–Kier alpha value is -3.68. The van der Waals surface area contributed by atoms with E-state index < -0.39 is 0 Å². The summed E-state index contributed by atoms with van der Waals surface area (Å²) in [7, 11) is 0. The average molecular weight is 403 g/mol. The van der Waals surface area contributed by atoms with Gasteiger partial charge in [0.15, 0.2) is 5.65 Å². The highest BCUT2D eigenvalue weighted by molar-refractivity contribution is 5.87. The van der Waals surface area contributed by atoms with E-state index in [2.05, 4.69) is 54.6 Å². The summed E-state index contributed by atoms with van der Waals surface area (Å²) < 4.78 is 13.3.